The van der Waals surface area contributed by atoms with Crippen LogP contribution in [-0.4, -0.2) is 30.1 Å². The van der Waals surface area contributed by atoms with Crippen LogP contribution in [0.2, 0.25) is 0 Å². The Labute approximate surface area is 321 Å². The van der Waals surface area contributed by atoms with Gasteiger partial charge in [0.2, 0.25) is 0 Å². The average Bonchev–Trinajstić information content (AvgIpc) is 3.46. The molecule has 2 nitrogen and oxygen atoms in total. The Morgan fingerprint density at radius 2 is 1.46 bits per heavy atom. The standard InChI is InChI=1S/C45H69F7O2/c1-5-6-7-8-9-10-11-12-13-14-15-16-17-18-19-22-40(53)54-35-27-30-41(3)34(32-35)23-24-36-38-26-25-37(42(38,4)31-28-39(36)41)33(2)21-20-29-43(46,44(47,48)49)45(50,51)52/h9-10,12-13,23,33,35-39H,5-8,11,14-22,24-32H2,1-4H3/b10-9-,13-12-/t33-,35+,36+,37-,38+,39+,41+,42-/m1/s1. The van der Waals surface area contributed by atoms with Gasteiger partial charge in [-0.3, -0.25) is 4.79 Å². The van der Waals surface area contributed by atoms with Crippen molar-refractivity contribution in [2.75, 3.05) is 0 Å². The zero-order chi connectivity index (χ0) is 39.6. The van der Waals surface area contributed by atoms with Gasteiger partial charge in [0.25, 0.3) is 5.67 Å². The van der Waals surface area contributed by atoms with Gasteiger partial charge in [-0.15, -0.1) is 0 Å². The molecule has 0 spiro atoms. The minimum absolute atomic E-state index is 0.0301. The predicted octanol–water partition coefficient (Wildman–Crippen LogP) is 14.9. The fourth-order valence-corrected chi connectivity index (χ4v) is 11.3. The Kier molecular flexibility index (Phi) is 16.3. The number of alkyl halides is 7. The molecule has 0 unspecified atom stereocenters. The van der Waals surface area contributed by atoms with E-state index in [1.165, 1.54) is 44.1 Å². The van der Waals surface area contributed by atoms with Crippen molar-refractivity contribution in [1.82, 2.24) is 0 Å². The number of hydrogen-bond donors (Lipinski definition) is 0. The second-order valence-corrected chi connectivity index (χ2v) is 18.0. The Morgan fingerprint density at radius 3 is 2.13 bits per heavy atom. The van der Waals surface area contributed by atoms with Crippen molar-refractivity contribution in [2.45, 2.75) is 199 Å². The number of halogens is 7. The highest BCUT2D eigenvalue weighted by molar-refractivity contribution is 5.69. The molecule has 8 atom stereocenters. The van der Waals surface area contributed by atoms with Gasteiger partial charge in [-0.05, 0) is 137 Å². The topological polar surface area (TPSA) is 26.3 Å². The minimum Gasteiger partial charge on any atom is -0.462 e. The van der Waals surface area contributed by atoms with Crippen molar-refractivity contribution < 1.29 is 40.3 Å². The van der Waals surface area contributed by atoms with Crippen LogP contribution < -0.4 is 0 Å². The summed E-state index contributed by atoms with van der Waals surface area (Å²) in [5.74, 6) is 1.48. The SMILES string of the molecule is CCCCC/C=C\C/C=C\CCCCCCCC(=O)O[C@H]1CC[C@@]2(C)C(=CC[C@H]3[C@@H]4CC[C@H]([C@H](C)CCCC(F)(C(F)(F)F)C(F)(F)F)[C@@]4(C)CC[C@@H]32)C1. The van der Waals surface area contributed by atoms with E-state index in [2.05, 4.69) is 51.2 Å². The maximum Gasteiger partial charge on any atom is 0.431 e. The van der Waals surface area contributed by atoms with Crippen LogP contribution in [0, 0.1) is 40.4 Å². The molecule has 0 bridgehead atoms. The summed E-state index contributed by atoms with van der Waals surface area (Å²) in [6.45, 7) is 8.84. The smallest absolute Gasteiger partial charge is 0.431 e. The molecule has 3 saturated carbocycles. The molecule has 4 rings (SSSR count). The van der Waals surface area contributed by atoms with Gasteiger partial charge < -0.3 is 4.74 Å². The van der Waals surface area contributed by atoms with Crippen molar-refractivity contribution in [3.05, 3.63) is 36.0 Å². The maximum absolute atomic E-state index is 14.3. The quantitative estimate of drug-likeness (QED) is 0.0533. The normalized spacial score (nSPS) is 30.9. The van der Waals surface area contributed by atoms with E-state index in [-0.39, 0.29) is 41.2 Å². The summed E-state index contributed by atoms with van der Waals surface area (Å²) >= 11 is 0. The zero-order valence-corrected chi connectivity index (χ0v) is 33.6. The summed E-state index contributed by atoms with van der Waals surface area (Å²) in [6, 6.07) is 0. The molecule has 0 aromatic carbocycles. The van der Waals surface area contributed by atoms with Crippen LogP contribution in [-0.2, 0) is 9.53 Å². The molecule has 0 N–H and O–H groups in total. The van der Waals surface area contributed by atoms with Crippen LogP contribution in [0.1, 0.15) is 175 Å². The fraction of sp³-hybridized carbons (Fsp3) is 0.844. The van der Waals surface area contributed by atoms with Crippen LogP contribution >= 0.6 is 0 Å². The molecule has 0 aromatic heterocycles. The average molecular weight is 775 g/mol. The predicted molar refractivity (Wildman–Crippen MR) is 203 cm³/mol. The fourth-order valence-electron chi connectivity index (χ4n) is 11.3. The van der Waals surface area contributed by atoms with E-state index in [9.17, 15) is 35.5 Å². The van der Waals surface area contributed by atoms with Crippen molar-refractivity contribution in [2.24, 2.45) is 40.4 Å². The number of allylic oxidation sites excluding steroid dienone is 5. The first-order valence-electron chi connectivity index (χ1n) is 21.5. The number of carbonyl (C=O) groups excluding carboxylic acids is 1. The van der Waals surface area contributed by atoms with Gasteiger partial charge >= 0.3 is 18.3 Å². The number of fused-ring (bicyclic) bond motifs is 5. The molecule has 0 radical (unpaired) electrons. The lowest BCUT2D eigenvalue weighted by Gasteiger charge is -2.58. The third kappa shape index (κ3) is 10.8. The molecule has 54 heavy (non-hydrogen) atoms. The van der Waals surface area contributed by atoms with Crippen LogP contribution in [0.4, 0.5) is 30.7 Å². The molecule has 0 aliphatic heterocycles. The summed E-state index contributed by atoms with van der Waals surface area (Å²) < 4.78 is 99.0. The highest BCUT2D eigenvalue weighted by Gasteiger charge is 2.71. The Balaban J connectivity index is 1.17. The molecule has 4 aliphatic carbocycles. The first kappa shape index (κ1) is 44.9. The van der Waals surface area contributed by atoms with Gasteiger partial charge in [-0.25, -0.2) is 4.39 Å². The lowest BCUT2D eigenvalue weighted by molar-refractivity contribution is -0.343. The largest absolute Gasteiger partial charge is 0.462 e. The molecule has 0 amide bonds. The Hall–Kier alpha value is -1.80. The number of hydrogen-bond acceptors (Lipinski definition) is 2. The van der Waals surface area contributed by atoms with E-state index in [1.54, 1.807) is 0 Å². The summed E-state index contributed by atoms with van der Waals surface area (Å²) in [5.41, 5.74) is -3.73. The van der Waals surface area contributed by atoms with Gasteiger partial charge in [0.05, 0.1) is 0 Å². The Bertz CT molecular complexity index is 1250. The van der Waals surface area contributed by atoms with Crippen molar-refractivity contribution in [3.8, 4) is 0 Å². The van der Waals surface area contributed by atoms with E-state index >= 15 is 0 Å². The highest BCUT2D eigenvalue weighted by Crippen LogP contribution is 2.67. The van der Waals surface area contributed by atoms with Crippen LogP contribution in [0.5, 0.6) is 0 Å². The van der Waals surface area contributed by atoms with Crippen molar-refractivity contribution >= 4 is 5.97 Å². The highest BCUT2D eigenvalue weighted by atomic mass is 19.4. The first-order valence-corrected chi connectivity index (χ1v) is 21.5. The van der Waals surface area contributed by atoms with E-state index in [0.717, 1.165) is 83.5 Å². The first-order chi connectivity index (χ1) is 25.5. The van der Waals surface area contributed by atoms with E-state index < -0.39 is 30.9 Å². The van der Waals surface area contributed by atoms with E-state index in [4.69, 9.17) is 4.74 Å². The number of carbonyl (C=O) groups is 1. The number of ether oxygens (including phenoxy) is 1. The van der Waals surface area contributed by atoms with Crippen molar-refractivity contribution in [1.29, 1.82) is 0 Å². The van der Waals surface area contributed by atoms with Crippen LogP contribution in [0.3, 0.4) is 0 Å². The molecule has 0 saturated heterocycles. The number of unbranched alkanes of at least 4 members (excludes halogenated alkanes) is 8. The lowest BCUT2D eigenvalue weighted by Crippen LogP contribution is -2.53. The van der Waals surface area contributed by atoms with Gasteiger partial charge in [-0.1, -0.05) is 102 Å². The molecular formula is C45H69F7O2. The lowest BCUT2D eigenvalue weighted by atomic mass is 9.47. The summed E-state index contributed by atoms with van der Waals surface area (Å²) in [7, 11) is 0. The number of rotatable bonds is 20. The molecule has 310 valence electrons. The van der Waals surface area contributed by atoms with Gasteiger partial charge in [0.15, 0.2) is 0 Å². The van der Waals surface area contributed by atoms with Crippen molar-refractivity contribution in [3.63, 3.8) is 0 Å². The molecule has 3 fully saturated rings. The Morgan fingerprint density at radius 1 is 0.815 bits per heavy atom. The summed E-state index contributed by atoms with van der Waals surface area (Å²) in [4.78, 5) is 12.8. The van der Waals surface area contributed by atoms with Gasteiger partial charge in [0.1, 0.15) is 6.10 Å². The van der Waals surface area contributed by atoms with E-state index in [1.807, 2.05) is 6.92 Å². The maximum atomic E-state index is 14.3. The molecular weight excluding hydrogens is 705 g/mol. The third-order valence-corrected chi connectivity index (χ3v) is 14.5. The zero-order valence-electron chi connectivity index (χ0n) is 33.6. The summed E-state index contributed by atoms with van der Waals surface area (Å²) in [6.07, 6.45) is 18.2. The van der Waals surface area contributed by atoms with Crippen LogP contribution in [0.25, 0.3) is 0 Å². The van der Waals surface area contributed by atoms with E-state index in [0.29, 0.717) is 24.2 Å². The van der Waals surface area contributed by atoms with Gasteiger partial charge in [-0.2, -0.15) is 26.3 Å². The number of esters is 1. The summed E-state index contributed by atoms with van der Waals surface area (Å²) in [5, 5.41) is 0. The molecule has 9 heteroatoms. The monoisotopic (exact) mass is 775 g/mol. The molecule has 0 heterocycles. The van der Waals surface area contributed by atoms with Gasteiger partial charge in [0, 0.05) is 12.8 Å². The molecule has 0 aromatic rings. The minimum atomic E-state index is -5.98. The van der Waals surface area contributed by atoms with Crippen LogP contribution in [0.15, 0.2) is 36.0 Å². The second-order valence-electron chi connectivity index (χ2n) is 18.0. The molecule has 4 aliphatic rings. The third-order valence-electron chi connectivity index (χ3n) is 14.5. The second kappa shape index (κ2) is 19.6.